The lowest BCUT2D eigenvalue weighted by Gasteiger charge is -2.17. The molecule has 3 N–H and O–H groups in total. The lowest BCUT2D eigenvalue weighted by molar-refractivity contribution is -0.119. The van der Waals surface area contributed by atoms with E-state index < -0.39 is 22.0 Å². The molecule has 2 amide bonds. The molecule has 0 saturated carbocycles. The van der Waals surface area contributed by atoms with Gasteiger partial charge in [-0.25, -0.2) is 8.42 Å². The normalized spacial score (nSPS) is 11.7. The molecular formula is C39H45N3O7S. The molecule has 4 rings (SSSR count). The summed E-state index contributed by atoms with van der Waals surface area (Å²) in [5.74, 6) is 0.466. The van der Waals surface area contributed by atoms with Crippen molar-refractivity contribution >= 4 is 39.0 Å². The first-order valence-corrected chi connectivity index (χ1v) is 18.2. The molecule has 4 aromatic carbocycles. The Morgan fingerprint density at radius 3 is 1.94 bits per heavy atom. The number of Topliss-reactive ketones (excluding diaryl/α,β-unsaturated/α-hetero) is 1. The summed E-state index contributed by atoms with van der Waals surface area (Å²) in [6.45, 7) is 4.17. The van der Waals surface area contributed by atoms with E-state index in [2.05, 4.69) is 22.3 Å². The number of rotatable bonds is 19. The molecule has 0 aliphatic rings. The number of carbonyl (C=O) groups excluding carboxylic acids is 3. The van der Waals surface area contributed by atoms with Gasteiger partial charge in [0.25, 0.3) is 15.9 Å². The van der Waals surface area contributed by atoms with Crippen molar-refractivity contribution in [2.24, 2.45) is 0 Å². The van der Waals surface area contributed by atoms with Gasteiger partial charge < -0.3 is 20.1 Å². The van der Waals surface area contributed by atoms with Crippen LogP contribution in [-0.2, 0) is 32.5 Å². The number of carbonyl (C=O) groups is 3. The third kappa shape index (κ3) is 11.8. The van der Waals surface area contributed by atoms with Gasteiger partial charge in [-0.15, -0.1) is 0 Å². The maximum absolute atomic E-state index is 13.0. The van der Waals surface area contributed by atoms with Crippen LogP contribution in [0.4, 0.5) is 11.4 Å². The lowest BCUT2D eigenvalue weighted by Crippen LogP contribution is -2.41. The summed E-state index contributed by atoms with van der Waals surface area (Å²) < 4.78 is 39.4. The molecule has 0 bridgehead atoms. The number of methoxy groups -OCH3 is 1. The van der Waals surface area contributed by atoms with Crippen molar-refractivity contribution in [3.63, 3.8) is 0 Å². The van der Waals surface area contributed by atoms with Gasteiger partial charge in [0.1, 0.15) is 11.5 Å². The molecule has 264 valence electrons. The summed E-state index contributed by atoms with van der Waals surface area (Å²) in [7, 11) is -2.25. The molecule has 0 spiro atoms. The van der Waals surface area contributed by atoms with Gasteiger partial charge in [-0.05, 0) is 104 Å². The fourth-order valence-corrected chi connectivity index (χ4v) is 6.20. The van der Waals surface area contributed by atoms with Crippen LogP contribution in [0, 0.1) is 0 Å². The van der Waals surface area contributed by atoms with Crippen LogP contribution in [0.2, 0.25) is 0 Å². The highest BCUT2D eigenvalue weighted by Gasteiger charge is 2.20. The van der Waals surface area contributed by atoms with Crippen molar-refractivity contribution in [1.82, 2.24) is 5.32 Å². The van der Waals surface area contributed by atoms with Crippen LogP contribution in [0.5, 0.6) is 11.5 Å². The zero-order valence-electron chi connectivity index (χ0n) is 28.7. The van der Waals surface area contributed by atoms with Gasteiger partial charge in [-0.3, -0.25) is 19.1 Å². The number of ketones is 1. The van der Waals surface area contributed by atoms with Crippen LogP contribution >= 0.6 is 0 Å². The van der Waals surface area contributed by atoms with Crippen molar-refractivity contribution < 1.29 is 32.3 Å². The average molecular weight is 700 g/mol. The van der Waals surface area contributed by atoms with E-state index in [9.17, 15) is 22.8 Å². The summed E-state index contributed by atoms with van der Waals surface area (Å²) in [6, 6.07) is 25.8. The number of hydrogen-bond donors (Lipinski definition) is 3. The van der Waals surface area contributed by atoms with Crippen molar-refractivity contribution in [2.75, 3.05) is 23.8 Å². The Hall–Kier alpha value is -5.16. The van der Waals surface area contributed by atoms with E-state index in [-0.39, 0.29) is 29.4 Å². The van der Waals surface area contributed by atoms with Crippen molar-refractivity contribution in [1.29, 1.82) is 0 Å². The molecule has 0 heterocycles. The zero-order valence-corrected chi connectivity index (χ0v) is 29.6. The molecule has 0 aliphatic heterocycles. The maximum Gasteiger partial charge on any atom is 0.261 e. The SMILES string of the molecule is CCCCCCCOc1ccc(S(=O)(=O)Nc2ccc(C[C@H](NC(=O)c3ccc(NC(=O)Cc4ccc(OC)cc4)cc3)C(C)=O)cc2)cc1. The fraction of sp³-hybridized carbons (Fsp3) is 0.308. The quantitative estimate of drug-likeness (QED) is 0.0900. The number of benzene rings is 4. The van der Waals surface area contributed by atoms with Gasteiger partial charge in [0.05, 0.1) is 31.1 Å². The van der Waals surface area contributed by atoms with Crippen molar-refractivity contribution in [3.05, 3.63) is 114 Å². The zero-order chi connectivity index (χ0) is 35.9. The van der Waals surface area contributed by atoms with E-state index >= 15 is 0 Å². The topological polar surface area (TPSA) is 140 Å². The molecule has 0 fully saturated rings. The summed E-state index contributed by atoms with van der Waals surface area (Å²) in [4.78, 5) is 38.0. The van der Waals surface area contributed by atoms with E-state index in [0.717, 1.165) is 24.0 Å². The second-order valence-electron chi connectivity index (χ2n) is 12.0. The minimum atomic E-state index is -3.83. The Balaban J connectivity index is 1.27. The molecule has 0 unspecified atom stereocenters. The van der Waals surface area contributed by atoms with E-state index in [1.165, 1.54) is 38.3 Å². The van der Waals surface area contributed by atoms with Gasteiger partial charge in [0, 0.05) is 16.9 Å². The molecule has 11 heteroatoms. The number of sulfonamides is 1. The maximum atomic E-state index is 13.0. The van der Waals surface area contributed by atoms with E-state index in [1.54, 1.807) is 79.9 Å². The standard InChI is InChI=1S/C39H45N3O7S/c1-4-5-6-7-8-25-49-35-21-23-36(24-22-35)50(46,47)42-33-15-9-29(10-16-33)26-37(28(2)43)41-39(45)31-13-17-32(18-14-31)40-38(44)27-30-11-19-34(48-3)20-12-30/h9-24,37,42H,4-8,25-27H2,1-3H3,(H,40,44)(H,41,45)/t37-/m0/s1. The number of anilines is 2. The second-order valence-corrected chi connectivity index (χ2v) is 13.7. The van der Waals surface area contributed by atoms with Gasteiger partial charge in [-0.2, -0.15) is 0 Å². The molecular weight excluding hydrogens is 655 g/mol. The molecule has 4 aromatic rings. The summed E-state index contributed by atoms with van der Waals surface area (Å²) in [5, 5.41) is 5.59. The van der Waals surface area contributed by atoms with Crippen LogP contribution in [0.25, 0.3) is 0 Å². The van der Waals surface area contributed by atoms with Crippen LogP contribution in [0.3, 0.4) is 0 Å². The van der Waals surface area contributed by atoms with E-state index in [4.69, 9.17) is 9.47 Å². The fourth-order valence-electron chi connectivity index (χ4n) is 5.15. The Morgan fingerprint density at radius 2 is 1.32 bits per heavy atom. The Kier molecular flexibility index (Phi) is 14.0. The molecule has 10 nitrogen and oxygen atoms in total. The van der Waals surface area contributed by atoms with Crippen LogP contribution in [0.1, 0.15) is 67.4 Å². The van der Waals surface area contributed by atoms with Crippen LogP contribution in [-0.4, -0.2) is 45.8 Å². The highest BCUT2D eigenvalue weighted by Crippen LogP contribution is 2.21. The number of unbranched alkanes of at least 4 members (excludes halogenated alkanes) is 4. The molecule has 0 aliphatic carbocycles. The first-order valence-electron chi connectivity index (χ1n) is 16.7. The third-order valence-electron chi connectivity index (χ3n) is 8.05. The van der Waals surface area contributed by atoms with Gasteiger partial charge in [-0.1, -0.05) is 56.9 Å². The summed E-state index contributed by atoms with van der Waals surface area (Å²) in [5.41, 5.74) is 2.80. The summed E-state index contributed by atoms with van der Waals surface area (Å²) >= 11 is 0. The van der Waals surface area contributed by atoms with E-state index in [1.807, 2.05) is 12.1 Å². The Labute approximate surface area is 294 Å². The predicted octanol–water partition coefficient (Wildman–Crippen LogP) is 6.96. The van der Waals surface area contributed by atoms with Crippen molar-refractivity contribution in [3.8, 4) is 11.5 Å². The third-order valence-corrected chi connectivity index (χ3v) is 9.44. The molecule has 1 atom stereocenters. The van der Waals surface area contributed by atoms with Crippen molar-refractivity contribution in [2.45, 2.75) is 69.7 Å². The number of amides is 2. The first kappa shape index (κ1) is 37.7. The monoisotopic (exact) mass is 699 g/mol. The van der Waals surface area contributed by atoms with Gasteiger partial charge in [0.2, 0.25) is 5.91 Å². The predicted molar refractivity (Wildman–Crippen MR) is 195 cm³/mol. The Bertz CT molecular complexity index is 1810. The minimum Gasteiger partial charge on any atom is -0.497 e. The largest absolute Gasteiger partial charge is 0.497 e. The highest BCUT2D eigenvalue weighted by molar-refractivity contribution is 7.92. The molecule has 0 saturated heterocycles. The summed E-state index contributed by atoms with van der Waals surface area (Å²) in [6.07, 6.45) is 6.05. The van der Waals surface area contributed by atoms with Crippen LogP contribution in [0.15, 0.2) is 102 Å². The number of nitrogens with one attached hydrogen (secondary N) is 3. The first-order chi connectivity index (χ1) is 24.1. The van der Waals surface area contributed by atoms with Crippen LogP contribution < -0.4 is 24.8 Å². The van der Waals surface area contributed by atoms with Gasteiger partial charge >= 0.3 is 0 Å². The highest BCUT2D eigenvalue weighted by atomic mass is 32.2. The molecule has 50 heavy (non-hydrogen) atoms. The minimum absolute atomic E-state index is 0.111. The lowest BCUT2D eigenvalue weighted by atomic mass is 10.0. The van der Waals surface area contributed by atoms with E-state index in [0.29, 0.717) is 35.0 Å². The molecule has 0 aromatic heterocycles. The Morgan fingerprint density at radius 1 is 0.720 bits per heavy atom. The molecule has 0 radical (unpaired) electrons. The second kappa shape index (κ2) is 18.6. The number of ether oxygens (including phenoxy) is 2. The van der Waals surface area contributed by atoms with Gasteiger partial charge in [0.15, 0.2) is 5.78 Å². The average Bonchev–Trinajstić information content (AvgIpc) is 3.11. The number of hydrogen-bond acceptors (Lipinski definition) is 7. The smallest absolute Gasteiger partial charge is 0.261 e.